The molecule has 0 amide bonds. The largest absolute Gasteiger partial charge is 0.462 e. The predicted molar refractivity (Wildman–Crippen MR) is 297 cm³/mol. The van der Waals surface area contributed by atoms with Crippen LogP contribution in [0.25, 0.3) is 0 Å². The molecule has 0 saturated heterocycles. The summed E-state index contributed by atoms with van der Waals surface area (Å²) < 4.78 is 17.4. The molecule has 0 rings (SSSR count). The van der Waals surface area contributed by atoms with Gasteiger partial charge in [-0.3, -0.25) is 9.59 Å². The molecule has 384 valence electrons. The van der Waals surface area contributed by atoms with Gasteiger partial charge in [-0.2, -0.15) is 0 Å². The summed E-state index contributed by atoms with van der Waals surface area (Å²) >= 11 is 0. The van der Waals surface area contributed by atoms with Gasteiger partial charge in [-0.1, -0.05) is 225 Å². The van der Waals surface area contributed by atoms with Gasteiger partial charge in [0.15, 0.2) is 6.10 Å². The molecule has 0 spiro atoms. The van der Waals surface area contributed by atoms with Crippen LogP contribution in [0.15, 0.2) is 134 Å². The van der Waals surface area contributed by atoms with Crippen LogP contribution >= 0.6 is 0 Å². The van der Waals surface area contributed by atoms with Crippen LogP contribution in [0.2, 0.25) is 0 Å². The lowest BCUT2D eigenvalue weighted by molar-refractivity contribution is -0.162. The Hall–Kier alpha value is -3.96. The number of hydrogen-bond acceptors (Lipinski definition) is 5. The molecule has 0 aliphatic carbocycles. The monoisotopic (exact) mass is 939 g/mol. The van der Waals surface area contributed by atoms with E-state index in [9.17, 15) is 9.59 Å². The number of hydrogen-bond donors (Lipinski definition) is 0. The predicted octanol–water partition coefficient (Wildman–Crippen LogP) is 19.1. The third-order valence-electron chi connectivity index (χ3n) is 11.2. The second kappa shape index (κ2) is 57.4. The molecule has 5 nitrogen and oxygen atoms in total. The Morgan fingerprint density at radius 2 is 0.691 bits per heavy atom. The van der Waals surface area contributed by atoms with Gasteiger partial charge in [0.05, 0.1) is 6.61 Å². The lowest BCUT2D eigenvalue weighted by atomic mass is 10.1. The molecule has 5 heteroatoms. The highest BCUT2D eigenvalue weighted by Gasteiger charge is 2.17. The van der Waals surface area contributed by atoms with Crippen molar-refractivity contribution in [2.45, 2.75) is 232 Å². The summed E-state index contributed by atoms with van der Waals surface area (Å²) in [5.41, 5.74) is 0. The molecule has 0 bridgehead atoms. The van der Waals surface area contributed by atoms with Crippen molar-refractivity contribution in [2.24, 2.45) is 0 Å². The highest BCUT2D eigenvalue weighted by atomic mass is 16.6. The van der Waals surface area contributed by atoms with Gasteiger partial charge in [0, 0.05) is 19.4 Å². The summed E-state index contributed by atoms with van der Waals surface area (Å²) in [6.45, 7) is 7.46. The quantitative estimate of drug-likeness (QED) is 0.0345. The fraction of sp³-hybridized carbons (Fsp3) is 0.619. The zero-order valence-electron chi connectivity index (χ0n) is 44.1. The minimum Gasteiger partial charge on any atom is -0.462 e. The van der Waals surface area contributed by atoms with Crippen molar-refractivity contribution >= 4 is 11.9 Å². The first-order valence-electron chi connectivity index (χ1n) is 27.7. The highest BCUT2D eigenvalue weighted by molar-refractivity contribution is 5.70. The molecule has 0 fully saturated rings. The molecule has 0 N–H and O–H groups in total. The van der Waals surface area contributed by atoms with Crippen molar-refractivity contribution in [3.63, 3.8) is 0 Å². The third-order valence-corrected chi connectivity index (χ3v) is 11.2. The van der Waals surface area contributed by atoms with Crippen molar-refractivity contribution in [1.29, 1.82) is 0 Å². The fourth-order valence-corrected chi connectivity index (χ4v) is 7.11. The van der Waals surface area contributed by atoms with Crippen LogP contribution in [0, 0.1) is 0 Å². The zero-order valence-corrected chi connectivity index (χ0v) is 44.1. The zero-order chi connectivity index (χ0) is 49.2. The van der Waals surface area contributed by atoms with Crippen molar-refractivity contribution in [3.05, 3.63) is 134 Å². The Labute approximate surface area is 419 Å². The Bertz CT molecular complexity index is 1430. The van der Waals surface area contributed by atoms with Crippen LogP contribution in [0.5, 0.6) is 0 Å². The van der Waals surface area contributed by atoms with Gasteiger partial charge in [0.2, 0.25) is 0 Å². The van der Waals surface area contributed by atoms with Crippen LogP contribution in [-0.4, -0.2) is 37.9 Å². The van der Waals surface area contributed by atoms with Gasteiger partial charge in [-0.05, 0) is 122 Å². The maximum absolute atomic E-state index is 12.8. The van der Waals surface area contributed by atoms with Gasteiger partial charge in [-0.15, -0.1) is 0 Å². The maximum atomic E-state index is 12.8. The van der Waals surface area contributed by atoms with E-state index in [1.54, 1.807) is 0 Å². The minimum absolute atomic E-state index is 0.0258. The Kier molecular flexibility index (Phi) is 54.0. The molecule has 0 aromatic carbocycles. The molecular weight excluding hydrogens is 837 g/mol. The van der Waals surface area contributed by atoms with Crippen LogP contribution in [-0.2, 0) is 23.8 Å². The lowest BCUT2D eigenvalue weighted by Crippen LogP contribution is -2.30. The van der Waals surface area contributed by atoms with E-state index in [4.69, 9.17) is 14.2 Å². The maximum Gasteiger partial charge on any atom is 0.306 e. The average molecular weight is 940 g/mol. The smallest absolute Gasteiger partial charge is 0.306 e. The first kappa shape index (κ1) is 64.0. The number of carbonyl (C=O) groups is 2. The van der Waals surface area contributed by atoms with E-state index in [-0.39, 0.29) is 25.2 Å². The summed E-state index contributed by atoms with van der Waals surface area (Å²) in [5, 5.41) is 0. The first-order valence-corrected chi connectivity index (χ1v) is 27.7. The van der Waals surface area contributed by atoms with Crippen molar-refractivity contribution in [1.82, 2.24) is 0 Å². The second-order valence-electron chi connectivity index (χ2n) is 17.7. The summed E-state index contributed by atoms with van der Waals surface area (Å²) in [6, 6.07) is 0. The van der Waals surface area contributed by atoms with E-state index in [0.29, 0.717) is 25.9 Å². The van der Waals surface area contributed by atoms with Gasteiger partial charge in [0.25, 0.3) is 0 Å². The van der Waals surface area contributed by atoms with E-state index in [1.807, 2.05) is 6.08 Å². The van der Waals surface area contributed by atoms with Crippen molar-refractivity contribution in [2.75, 3.05) is 19.8 Å². The molecule has 0 radical (unpaired) electrons. The van der Waals surface area contributed by atoms with Crippen LogP contribution in [0.3, 0.4) is 0 Å². The number of carbonyl (C=O) groups excluding carboxylic acids is 2. The van der Waals surface area contributed by atoms with E-state index < -0.39 is 6.10 Å². The Morgan fingerprint density at radius 1 is 0.338 bits per heavy atom. The van der Waals surface area contributed by atoms with Gasteiger partial charge in [0.1, 0.15) is 6.61 Å². The van der Waals surface area contributed by atoms with Crippen LogP contribution < -0.4 is 0 Å². The van der Waals surface area contributed by atoms with Gasteiger partial charge in [-0.25, -0.2) is 0 Å². The molecule has 0 aliphatic heterocycles. The number of unbranched alkanes of at least 4 members (excludes halogenated alkanes) is 16. The molecule has 0 aromatic rings. The lowest BCUT2D eigenvalue weighted by Gasteiger charge is -2.18. The number of esters is 2. The highest BCUT2D eigenvalue weighted by Crippen LogP contribution is 2.12. The molecule has 0 heterocycles. The SMILES string of the molecule is CC/C=C\C/C=C\C/C=C\C/C=C\C/C=C\C/C=C\CCC(=O)OCC(COCCCCCCC/C=C\C/C=C\C/C=C\C/C=C\CC)OC(=O)CCCCCCC/C=C\CCCCCCCC. The molecule has 0 saturated carbocycles. The van der Waals surface area contributed by atoms with Gasteiger partial charge >= 0.3 is 11.9 Å². The third kappa shape index (κ3) is 54.6. The fourth-order valence-electron chi connectivity index (χ4n) is 7.11. The molecule has 0 aromatic heterocycles. The van der Waals surface area contributed by atoms with E-state index >= 15 is 0 Å². The number of ether oxygens (including phenoxy) is 3. The molecule has 0 aliphatic rings. The van der Waals surface area contributed by atoms with E-state index in [2.05, 4.69) is 148 Å². The normalized spacial score (nSPS) is 13.3. The standard InChI is InChI=1S/C63H102O5/c1-4-7-10-13-16-19-22-25-28-30-32-33-36-38-41-44-47-50-53-56-62(64)67-60-61(68-63(65)57-54-51-48-45-42-39-35-27-24-21-18-15-12-9-6-3)59-66-58-55-52-49-46-43-40-37-34-31-29-26-23-20-17-14-11-8-5-2/h7-8,10-11,16-17,19-20,25-29,32-35,37-38,41,47,50,61H,4-6,9,12-15,18,21-24,30-31,36,39-40,42-46,48-49,51-60H2,1-3H3/b10-7-,11-8-,19-16-,20-17-,28-25-,29-26-,33-32-,35-27-,37-34-,41-38-,50-47-. The van der Waals surface area contributed by atoms with Gasteiger partial charge < -0.3 is 14.2 Å². The first-order chi connectivity index (χ1) is 33.6. The Morgan fingerprint density at radius 3 is 1.13 bits per heavy atom. The van der Waals surface area contributed by atoms with Crippen LogP contribution in [0.4, 0.5) is 0 Å². The summed E-state index contributed by atoms with van der Waals surface area (Å²) in [5.74, 6) is -0.522. The van der Waals surface area contributed by atoms with E-state index in [0.717, 1.165) is 109 Å². The van der Waals surface area contributed by atoms with Crippen molar-refractivity contribution < 1.29 is 23.8 Å². The summed E-state index contributed by atoms with van der Waals surface area (Å²) in [7, 11) is 0. The number of rotatable bonds is 49. The average Bonchev–Trinajstić information content (AvgIpc) is 3.34. The minimum atomic E-state index is -0.591. The molecule has 68 heavy (non-hydrogen) atoms. The van der Waals surface area contributed by atoms with E-state index in [1.165, 1.54) is 77.0 Å². The van der Waals surface area contributed by atoms with Crippen molar-refractivity contribution in [3.8, 4) is 0 Å². The Balaban J connectivity index is 4.47. The summed E-state index contributed by atoms with van der Waals surface area (Å²) in [4.78, 5) is 25.5. The number of allylic oxidation sites excluding steroid dienone is 22. The summed E-state index contributed by atoms with van der Waals surface area (Å²) in [6.07, 6.45) is 81.9. The molecule has 1 unspecified atom stereocenters. The molecular formula is C63H102O5. The molecule has 1 atom stereocenters. The van der Waals surface area contributed by atoms with Crippen LogP contribution in [0.1, 0.15) is 226 Å². The second-order valence-corrected chi connectivity index (χ2v) is 17.7. The topological polar surface area (TPSA) is 61.8 Å².